The van der Waals surface area contributed by atoms with Crippen molar-refractivity contribution in [2.75, 3.05) is 18.1 Å². The van der Waals surface area contributed by atoms with E-state index in [1.165, 1.54) is 18.2 Å². The molecule has 5 nitrogen and oxygen atoms in total. The average Bonchev–Trinajstić information content (AvgIpc) is 2.35. The molecule has 0 heterocycles. The van der Waals surface area contributed by atoms with E-state index in [0.29, 0.717) is 12.3 Å². The maximum atomic E-state index is 11.5. The highest BCUT2D eigenvalue weighted by atomic mass is 32.2. The van der Waals surface area contributed by atoms with Gasteiger partial charge in [-0.05, 0) is 31.6 Å². The van der Waals surface area contributed by atoms with Crippen LogP contribution < -0.4 is 16.4 Å². The van der Waals surface area contributed by atoms with Gasteiger partial charge in [0.25, 0.3) is 0 Å². The number of nitrogens with one attached hydrogen (secondary N) is 2. The van der Waals surface area contributed by atoms with Crippen LogP contribution in [0.3, 0.4) is 0 Å². The summed E-state index contributed by atoms with van der Waals surface area (Å²) in [6.45, 7) is 0.636. The second-order valence-electron chi connectivity index (χ2n) is 4.55. The van der Waals surface area contributed by atoms with Crippen LogP contribution in [0, 0.1) is 0 Å². The van der Waals surface area contributed by atoms with E-state index in [2.05, 4.69) is 10.6 Å². The van der Waals surface area contributed by atoms with Crippen LogP contribution in [0.15, 0.2) is 0 Å². The third-order valence-electron chi connectivity index (χ3n) is 2.92. The van der Waals surface area contributed by atoms with Gasteiger partial charge in [-0.1, -0.05) is 19.3 Å². The van der Waals surface area contributed by atoms with Crippen molar-refractivity contribution in [2.45, 2.75) is 44.6 Å². The molecule has 0 aromatic carbocycles. The van der Waals surface area contributed by atoms with E-state index in [4.69, 9.17) is 5.73 Å². The Morgan fingerprint density at radius 3 is 2.61 bits per heavy atom. The highest BCUT2D eigenvalue weighted by Gasteiger charge is 2.16. The summed E-state index contributed by atoms with van der Waals surface area (Å²) in [6, 6.07) is -0.122. The molecule has 1 aliphatic rings. The fourth-order valence-electron chi connectivity index (χ4n) is 1.98. The van der Waals surface area contributed by atoms with E-state index in [9.17, 15) is 9.59 Å². The van der Waals surface area contributed by atoms with Gasteiger partial charge >= 0.3 is 6.03 Å². The van der Waals surface area contributed by atoms with Gasteiger partial charge in [0.1, 0.15) is 0 Å². The molecule has 0 aliphatic heterocycles. The molecule has 0 aromatic rings. The van der Waals surface area contributed by atoms with E-state index >= 15 is 0 Å². The number of carbonyl (C=O) groups is 2. The number of urea groups is 1. The van der Waals surface area contributed by atoms with Gasteiger partial charge < -0.3 is 11.1 Å². The Bertz CT molecular complexity index is 268. The Kier molecular flexibility index (Phi) is 7.84. The first-order valence-electron chi connectivity index (χ1n) is 6.60. The first-order valence-corrected chi connectivity index (χ1v) is 7.76. The molecule has 4 N–H and O–H groups in total. The molecule has 1 aliphatic carbocycles. The lowest BCUT2D eigenvalue weighted by molar-refractivity contribution is -0.117. The number of rotatable bonds is 6. The lowest BCUT2D eigenvalue weighted by Gasteiger charge is -2.22. The fourth-order valence-corrected chi connectivity index (χ4v) is 2.75. The normalized spacial score (nSPS) is 16.3. The number of hydrogen-bond donors (Lipinski definition) is 3. The van der Waals surface area contributed by atoms with Crippen molar-refractivity contribution in [1.29, 1.82) is 0 Å². The van der Waals surface area contributed by atoms with Crippen molar-refractivity contribution < 1.29 is 9.59 Å². The summed E-state index contributed by atoms with van der Waals surface area (Å²) in [4.78, 5) is 23.0. The van der Waals surface area contributed by atoms with Gasteiger partial charge in [-0.3, -0.25) is 10.1 Å². The maximum absolute atomic E-state index is 11.5. The van der Waals surface area contributed by atoms with Crippen molar-refractivity contribution in [1.82, 2.24) is 10.6 Å². The second kappa shape index (κ2) is 9.22. The van der Waals surface area contributed by atoms with Gasteiger partial charge in [0.05, 0.1) is 5.75 Å². The molecule has 6 heteroatoms. The summed E-state index contributed by atoms with van der Waals surface area (Å²) in [5.74, 6) is 0.942. The minimum absolute atomic E-state index is 0.231. The predicted molar refractivity (Wildman–Crippen MR) is 74.5 cm³/mol. The molecule has 1 fully saturated rings. The minimum atomic E-state index is -0.355. The average molecular weight is 273 g/mol. The predicted octanol–water partition coefficient (Wildman–Crippen LogP) is 1.23. The SMILES string of the molecule is NCCCSCC(=O)NC(=O)NC1CCCCC1. The van der Waals surface area contributed by atoms with E-state index in [0.717, 1.165) is 37.9 Å². The smallest absolute Gasteiger partial charge is 0.321 e. The zero-order valence-electron chi connectivity index (χ0n) is 10.7. The molecule has 18 heavy (non-hydrogen) atoms. The van der Waals surface area contributed by atoms with Crippen LogP contribution >= 0.6 is 11.8 Å². The molecule has 104 valence electrons. The molecular weight excluding hydrogens is 250 g/mol. The second-order valence-corrected chi connectivity index (χ2v) is 5.66. The maximum Gasteiger partial charge on any atom is 0.321 e. The third kappa shape index (κ3) is 6.86. The third-order valence-corrected chi connectivity index (χ3v) is 3.96. The summed E-state index contributed by atoms with van der Waals surface area (Å²) in [7, 11) is 0. The van der Waals surface area contributed by atoms with Gasteiger partial charge in [0.15, 0.2) is 0 Å². The van der Waals surface area contributed by atoms with Gasteiger partial charge in [0, 0.05) is 6.04 Å². The quantitative estimate of drug-likeness (QED) is 0.635. The molecule has 1 saturated carbocycles. The van der Waals surface area contributed by atoms with Crippen molar-refractivity contribution >= 4 is 23.7 Å². The highest BCUT2D eigenvalue weighted by Crippen LogP contribution is 2.17. The first-order chi connectivity index (χ1) is 8.72. The summed E-state index contributed by atoms with van der Waals surface area (Å²) in [6.07, 6.45) is 6.50. The standard InChI is InChI=1S/C12H23N3O2S/c13-7-4-8-18-9-11(16)15-12(17)14-10-5-2-1-3-6-10/h10H,1-9,13H2,(H2,14,15,16,17). The topological polar surface area (TPSA) is 84.2 Å². The molecule has 0 aromatic heterocycles. The molecule has 0 spiro atoms. The summed E-state index contributed by atoms with van der Waals surface area (Å²) in [5.41, 5.74) is 5.35. The van der Waals surface area contributed by atoms with Crippen LogP contribution in [-0.2, 0) is 4.79 Å². The molecule has 0 saturated heterocycles. The monoisotopic (exact) mass is 273 g/mol. The zero-order valence-corrected chi connectivity index (χ0v) is 11.6. The van der Waals surface area contributed by atoms with Gasteiger partial charge in [-0.15, -0.1) is 0 Å². The minimum Gasteiger partial charge on any atom is -0.335 e. The number of carbonyl (C=O) groups excluding carboxylic acids is 2. The Labute approximate surface area is 113 Å². The van der Waals surface area contributed by atoms with E-state index in [1.807, 2.05) is 0 Å². The van der Waals surface area contributed by atoms with E-state index in [1.54, 1.807) is 0 Å². The van der Waals surface area contributed by atoms with E-state index < -0.39 is 0 Å². The van der Waals surface area contributed by atoms with Gasteiger partial charge in [0.2, 0.25) is 5.91 Å². The van der Waals surface area contributed by atoms with Crippen molar-refractivity contribution in [3.63, 3.8) is 0 Å². The molecular formula is C12H23N3O2S. The Morgan fingerprint density at radius 2 is 1.94 bits per heavy atom. The largest absolute Gasteiger partial charge is 0.335 e. The molecule has 0 atom stereocenters. The van der Waals surface area contributed by atoms with Crippen LogP contribution in [0.25, 0.3) is 0 Å². The summed E-state index contributed by atoms with van der Waals surface area (Å²) < 4.78 is 0. The van der Waals surface area contributed by atoms with Crippen LogP contribution in [0.2, 0.25) is 0 Å². The van der Waals surface area contributed by atoms with Gasteiger partial charge in [-0.25, -0.2) is 4.79 Å². The Hall–Kier alpha value is -0.750. The van der Waals surface area contributed by atoms with Crippen LogP contribution in [0.1, 0.15) is 38.5 Å². The highest BCUT2D eigenvalue weighted by molar-refractivity contribution is 7.99. The van der Waals surface area contributed by atoms with Crippen molar-refractivity contribution in [3.05, 3.63) is 0 Å². The fraction of sp³-hybridized carbons (Fsp3) is 0.833. The summed E-state index contributed by atoms with van der Waals surface area (Å²) in [5, 5.41) is 5.21. The number of imide groups is 1. The number of amides is 3. The molecule has 1 rings (SSSR count). The van der Waals surface area contributed by atoms with Crippen molar-refractivity contribution in [3.8, 4) is 0 Å². The van der Waals surface area contributed by atoms with Crippen molar-refractivity contribution in [2.24, 2.45) is 5.73 Å². The zero-order chi connectivity index (χ0) is 13.2. The number of thioether (sulfide) groups is 1. The van der Waals surface area contributed by atoms with Crippen LogP contribution in [-0.4, -0.2) is 36.0 Å². The molecule has 0 radical (unpaired) electrons. The van der Waals surface area contributed by atoms with Crippen LogP contribution in [0.4, 0.5) is 4.79 Å². The lowest BCUT2D eigenvalue weighted by atomic mass is 9.96. The van der Waals surface area contributed by atoms with E-state index in [-0.39, 0.29) is 18.0 Å². The molecule has 3 amide bonds. The van der Waals surface area contributed by atoms with Crippen LogP contribution in [0.5, 0.6) is 0 Å². The Morgan fingerprint density at radius 1 is 1.22 bits per heavy atom. The Balaban J connectivity index is 2.08. The molecule has 0 unspecified atom stereocenters. The molecule has 0 bridgehead atoms. The summed E-state index contributed by atoms with van der Waals surface area (Å²) >= 11 is 1.50. The first kappa shape index (κ1) is 15.3. The lowest BCUT2D eigenvalue weighted by Crippen LogP contribution is -2.45. The van der Waals surface area contributed by atoms with Gasteiger partial charge in [-0.2, -0.15) is 11.8 Å². The number of nitrogens with two attached hydrogens (primary N) is 1. The number of hydrogen-bond acceptors (Lipinski definition) is 4.